The molecule has 0 bridgehead atoms. The van der Waals surface area contributed by atoms with Crippen molar-refractivity contribution in [2.24, 2.45) is 0 Å². The number of benzene rings is 2. The fraction of sp³-hybridized carbons (Fsp3) is 0.438. The number of rotatable bonds is 8. The highest BCUT2D eigenvalue weighted by molar-refractivity contribution is 7.98. The summed E-state index contributed by atoms with van der Waals surface area (Å²) in [4.78, 5) is 58.4. The molecule has 12 heteroatoms. The van der Waals surface area contributed by atoms with Crippen molar-refractivity contribution in [3.05, 3.63) is 85.4 Å². The Morgan fingerprint density at radius 3 is 2.55 bits per heavy atom. The highest BCUT2D eigenvalue weighted by atomic mass is 35.5. The van der Waals surface area contributed by atoms with Crippen molar-refractivity contribution in [1.29, 1.82) is 0 Å². The lowest BCUT2D eigenvalue weighted by Gasteiger charge is -2.38. The molecular formula is C32H36ClFN4O5S. The smallest absolute Gasteiger partial charge is 0.331 e. The van der Waals surface area contributed by atoms with Gasteiger partial charge in [0.15, 0.2) is 0 Å². The molecule has 1 fully saturated rings. The Morgan fingerprint density at radius 2 is 1.84 bits per heavy atom. The topological polar surface area (TPSA) is 93.8 Å². The van der Waals surface area contributed by atoms with E-state index < -0.39 is 23.1 Å². The lowest BCUT2D eigenvalue weighted by atomic mass is 10.0. The van der Waals surface area contributed by atoms with Crippen LogP contribution in [0.15, 0.2) is 57.1 Å². The number of hydrogen-bond acceptors (Lipinski definition) is 6. The maximum Gasteiger partial charge on any atom is 0.331 e. The summed E-state index contributed by atoms with van der Waals surface area (Å²) in [6.45, 7) is 2.95. The predicted octanol–water partition coefficient (Wildman–Crippen LogP) is 4.02. The van der Waals surface area contributed by atoms with E-state index in [4.69, 9.17) is 16.3 Å². The van der Waals surface area contributed by atoms with Gasteiger partial charge in [0.1, 0.15) is 12.4 Å². The van der Waals surface area contributed by atoms with Crippen molar-refractivity contribution >= 4 is 35.2 Å². The summed E-state index contributed by atoms with van der Waals surface area (Å²) in [5.41, 5.74) is 1.11. The first-order valence-corrected chi connectivity index (χ1v) is 16.3. The molecule has 0 radical (unpaired) electrons. The minimum atomic E-state index is -0.701. The van der Waals surface area contributed by atoms with Gasteiger partial charge in [0, 0.05) is 49.4 Å². The largest absolute Gasteiger partial charge is 0.383 e. The molecule has 0 saturated carbocycles. The monoisotopic (exact) mass is 642 g/mol. The van der Waals surface area contributed by atoms with Gasteiger partial charge in [-0.05, 0) is 61.8 Å². The standard InChI is InChI=1S/C32H36ClFN4O5S/c1-20(19-43-2)38-31(41)26(25-5-4-6-27(34)30(25)33)17-36(32(38)42)18-29(40)35-12-10-23(11-13-35)37-14-9-22-15-24(44-3)8-7-21(22)16-28(37)39/h4-8,15,17,20,23H,9-14,16,18-19H2,1-3H3/t20-/m1/s1. The maximum absolute atomic E-state index is 14.3. The van der Waals surface area contributed by atoms with Crippen LogP contribution < -0.4 is 11.2 Å². The second kappa shape index (κ2) is 13.7. The minimum absolute atomic E-state index is 0.00823. The lowest BCUT2D eigenvalue weighted by Crippen LogP contribution is -2.50. The number of hydrogen-bond donors (Lipinski definition) is 0. The average molecular weight is 643 g/mol. The van der Waals surface area contributed by atoms with Crippen molar-refractivity contribution in [1.82, 2.24) is 18.9 Å². The zero-order chi connectivity index (χ0) is 31.5. The summed E-state index contributed by atoms with van der Waals surface area (Å²) in [7, 11) is 1.46. The molecule has 3 aromatic rings. The van der Waals surface area contributed by atoms with Crippen LogP contribution in [0.5, 0.6) is 0 Å². The van der Waals surface area contributed by atoms with Gasteiger partial charge in [-0.2, -0.15) is 0 Å². The molecule has 44 heavy (non-hydrogen) atoms. The van der Waals surface area contributed by atoms with Crippen molar-refractivity contribution in [3.8, 4) is 11.1 Å². The van der Waals surface area contributed by atoms with E-state index in [0.717, 1.165) is 16.6 Å². The summed E-state index contributed by atoms with van der Waals surface area (Å²) in [6.07, 6.45) is 5.76. The Morgan fingerprint density at radius 1 is 1.09 bits per heavy atom. The van der Waals surface area contributed by atoms with Crippen LogP contribution in [-0.4, -0.2) is 76.4 Å². The molecular weight excluding hydrogens is 607 g/mol. The molecule has 1 saturated heterocycles. The van der Waals surface area contributed by atoms with Crippen LogP contribution in [0.4, 0.5) is 4.39 Å². The highest BCUT2D eigenvalue weighted by Gasteiger charge is 2.32. The third-order valence-corrected chi connectivity index (χ3v) is 9.65. The van der Waals surface area contributed by atoms with Crippen LogP contribution in [0.1, 0.15) is 36.9 Å². The first-order valence-electron chi connectivity index (χ1n) is 14.6. The van der Waals surface area contributed by atoms with E-state index in [1.165, 1.54) is 46.5 Å². The molecule has 2 aromatic carbocycles. The third kappa shape index (κ3) is 6.50. The van der Waals surface area contributed by atoms with Crippen LogP contribution in [0, 0.1) is 5.82 Å². The quantitative estimate of drug-likeness (QED) is 0.345. The number of thioether (sulfide) groups is 1. The fourth-order valence-corrected chi connectivity index (χ4v) is 6.85. The van der Waals surface area contributed by atoms with Gasteiger partial charge < -0.3 is 14.5 Å². The van der Waals surface area contributed by atoms with Crippen LogP contribution in [0.25, 0.3) is 11.1 Å². The Labute approximate surface area is 264 Å². The number of aromatic nitrogens is 2. The van der Waals surface area contributed by atoms with Crippen molar-refractivity contribution in [2.75, 3.05) is 39.6 Å². The Balaban J connectivity index is 1.32. The highest BCUT2D eigenvalue weighted by Crippen LogP contribution is 2.28. The summed E-state index contributed by atoms with van der Waals surface area (Å²) in [5, 5.41) is -0.245. The number of methoxy groups -OCH3 is 1. The van der Waals surface area contributed by atoms with Gasteiger partial charge in [-0.3, -0.25) is 23.5 Å². The molecule has 0 aliphatic carbocycles. The van der Waals surface area contributed by atoms with Gasteiger partial charge in [-0.15, -0.1) is 11.8 Å². The van der Waals surface area contributed by atoms with Crippen LogP contribution >= 0.6 is 23.4 Å². The zero-order valence-electron chi connectivity index (χ0n) is 25.1. The molecule has 5 rings (SSSR count). The van der Waals surface area contributed by atoms with E-state index >= 15 is 0 Å². The van der Waals surface area contributed by atoms with Crippen molar-refractivity contribution in [2.45, 2.75) is 56.1 Å². The number of carbonyl (C=O) groups is 2. The summed E-state index contributed by atoms with van der Waals surface area (Å²) in [6, 6.07) is 9.78. The van der Waals surface area contributed by atoms with Crippen molar-refractivity contribution < 1.29 is 18.7 Å². The summed E-state index contributed by atoms with van der Waals surface area (Å²) >= 11 is 7.90. The van der Waals surface area contributed by atoms with E-state index in [9.17, 15) is 23.6 Å². The van der Waals surface area contributed by atoms with E-state index in [2.05, 4.69) is 18.2 Å². The lowest BCUT2D eigenvalue weighted by molar-refractivity contribution is -0.136. The van der Waals surface area contributed by atoms with Crippen LogP contribution in [-0.2, 0) is 33.7 Å². The number of fused-ring (bicyclic) bond motifs is 1. The number of likely N-dealkylation sites (tertiary alicyclic amines) is 1. The van der Waals surface area contributed by atoms with Gasteiger partial charge in [0.05, 0.1) is 29.7 Å². The maximum atomic E-state index is 14.3. The number of nitrogens with zero attached hydrogens (tertiary/aromatic N) is 4. The van der Waals surface area contributed by atoms with Gasteiger partial charge in [0.2, 0.25) is 11.8 Å². The van der Waals surface area contributed by atoms with Crippen molar-refractivity contribution in [3.63, 3.8) is 0 Å². The molecule has 0 N–H and O–H groups in total. The number of ether oxygens (including phenoxy) is 1. The molecule has 3 heterocycles. The van der Waals surface area contributed by atoms with E-state index in [0.29, 0.717) is 38.9 Å². The third-order valence-electron chi connectivity index (χ3n) is 8.54. The Bertz CT molecular complexity index is 1680. The van der Waals surface area contributed by atoms with Gasteiger partial charge >= 0.3 is 5.69 Å². The van der Waals surface area contributed by atoms with E-state index in [1.54, 1.807) is 23.6 Å². The summed E-state index contributed by atoms with van der Waals surface area (Å²) in [5.74, 6) is -0.883. The number of halogens is 2. The second-order valence-electron chi connectivity index (χ2n) is 11.3. The molecule has 2 aliphatic rings. The van der Waals surface area contributed by atoms with Gasteiger partial charge in [-0.25, -0.2) is 9.18 Å². The molecule has 234 valence electrons. The molecule has 0 spiro atoms. The van der Waals surface area contributed by atoms with E-state index in [-0.39, 0.29) is 47.2 Å². The average Bonchev–Trinajstić information content (AvgIpc) is 3.17. The second-order valence-corrected chi connectivity index (χ2v) is 12.6. The number of carbonyl (C=O) groups excluding carboxylic acids is 2. The van der Waals surface area contributed by atoms with Crippen LogP contribution in [0.2, 0.25) is 5.02 Å². The molecule has 9 nitrogen and oxygen atoms in total. The molecule has 0 unspecified atom stereocenters. The summed E-state index contributed by atoms with van der Waals surface area (Å²) < 4.78 is 21.7. The fourth-order valence-electron chi connectivity index (χ4n) is 6.16. The SMILES string of the molecule is COC[C@@H](C)n1c(=O)c(-c2cccc(F)c2Cl)cn(CC(=O)N2CCC(N3CCc4cc(SC)ccc4CC3=O)CC2)c1=O. The zero-order valence-corrected chi connectivity index (χ0v) is 26.6. The Hall–Kier alpha value is -3.41. The number of piperidine rings is 1. The predicted molar refractivity (Wildman–Crippen MR) is 169 cm³/mol. The minimum Gasteiger partial charge on any atom is -0.383 e. The van der Waals surface area contributed by atoms with Gasteiger partial charge in [-0.1, -0.05) is 29.8 Å². The first-order chi connectivity index (χ1) is 21.1. The van der Waals surface area contributed by atoms with Crippen LogP contribution in [0.3, 0.4) is 0 Å². The molecule has 1 aromatic heterocycles. The number of amides is 2. The molecule has 2 amide bonds. The molecule has 1 atom stereocenters. The Kier molecular flexibility index (Phi) is 9.97. The van der Waals surface area contributed by atoms with Gasteiger partial charge in [0.25, 0.3) is 5.56 Å². The first kappa shape index (κ1) is 32.0. The van der Waals surface area contributed by atoms with E-state index in [1.807, 2.05) is 11.2 Å². The normalized spacial score (nSPS) is 16.5. The molecule has 2 aliphatic heterocycles.